The number of hydrogen-bond donors (Lipinski definition) is 0. The molecule has 0 saturated heterocycles. The molecule has 0 aliphatic rings. The summed E-state index contributed by atoms with van der Waals surface area (Å²) in [4.78, 5) is 11.7. The second kappa shape index (κ2) is 23.7. The Morgan fingerprint density at radius 1 is 0.514 bits per heavy atom. The summed E-state index contributed by atoms with van der Waals surface area (Å²) in [5, 5.41) is 0. The van der Waals surface area contributed by atoms with E-state index in [1.54, 1.807) is 24.3 Å². The molecule has 10 nitrogen and oxygen atoms in total. The zero-order chi connectivity index (χ0) is 26.9. The second-order valence-corrected chi connectivity index (χ2v) is 13.3. The summed E-state index contributed by atoms with van der Waals surface area (Å²) in [5.74, 6) is -0.351. The maximum atomic E-state index is 11.7. The van der Waals surface area contributed by atoms with Crippen molar-refractivity contribution in [2.24, 2.45) is 0 Å². The van der Waals surface area contributed by atoms with Crippen LogP contribution in [-0.4, -0.2) is 120 Å². The fourth-order valence-electron chi connectivity index (χ4n) is 2.68. The minimum absolute atomic E-state index is 0.209. The number of hydrogen-bond acceptors (Lipinski definition) is 10. The average molecular weight is 547 g/mol. The first kappa shape index (κ1) is 33.6. The van der Waals surface area contributed by atoms with Gasteiger partial charge in [0.2, 0.25) is 0 Å². The Morgan fingerprint density at radius 3 is 1.19 bits per heavy atom. The second-order valence-electron chi connectivity index (χ2n) is 8.75. The van der Waals surface area contributed by atoms with Crippen molar-refractivity contribution in [3.8, 4) is 0 Å². The first-order valence-corrected chi connectivity index (χ1v) is 16.3. The normalized spacial score (nSPS) is 11.6. The molecule has 0 aliphatic carbocycles. The highest BCUT2D eigenvalue weighted by Gasteiger charge is 2.13. The summed E-state index contributed by atoms with van der Waals surface area (Å²) in [6.07, 6.45) is 0. The van der Waals surface area contributed by atoms with Gasteiger partial charge in [-0.3, -0.25) is 0 Å². The smallest absolute Gasteiger partial charge is 0.338 e. The molecule has 11 heteroatoms. The standard InChI is InChI=1S/C26H46O10Si/c1-37(2,3)36-24-22-34-20-18-32-16-14-30-12-10-28-9-11-29-13-15-31-17-19-33-21-23-35-26(27)25-7-5-4-6-8-25/h4-8H,9-24H2,1-3H3. The Labute approximate surface area is 222 Å². The number of esters is 1. The van der Waals surface area contributed by atoms with Crippen LogP contribution in [0.5, 0.6) is 0 Å². The molecule has 0 amide bonds. The Balaban J connectivity index is 1.68. The molecule has 37 heavy (non-hydrogen) atoms. The highest BCUT2D eigenvalue weighted by Crippen LogP contribution is 2.02. The van der Waals surface area contributed by atoms with Gasteiger partial charge in [-0.05, 0) is 31.8 Å². The van der Waals surface area contributed by atoms with Crippen molar-refractivity contribution in [3.63, 3.8) is 0 Å². The van der Waals surface area contributed by atoms with Crippen molar-refractivity contribution in [2.75, 3.05) is 106 Å². The largest absolute Gasteiger partial charge is 0.460 e. The van der Waals surface area contributed by atoms with Crippen molar-refractivity contribution < 1.29 is 47.1 Å². The highest BCUT2D eigenvalue weighted by molar-refractivity contribution is 6.69. The van der Waals surface area contributed by atoms with Crippen LogP contribution >= 0.6 is 0 Å². The van der Waals surface area contributed by atoms with Gasteiger partial charge in [-0.25, -0.2) is 4.79 Å². The predicted molar refractivity (Wildman–Crippen MR) is 142 cm³/mol. The number of benzene rings is 1. The van der Waals surface area contributed by atoms with Crippen molar-refractivity contribution in [1.29, 1.82) is 0 Å². The lowest BCUT2D eigenvalue weighted by molar-refractivity contribution is -0.0229. The summed E-state index contributed by atoms with van der Waals surface area (Å²) < 4.78 is 48.9. The molecular weight excluding hydrogens is 500 g/mol. The minimum Gasteiger partial charge on any atom is -0.460 e. The Bertz CT molecular complexity index is 642. The predicted octanol–water partition coefficient (Wildman–Crippen LogP) is 2.81. The first-order chi connectivity index (χ1) is 18.0. The van der Waals surface area contributed by atoms with E-state index in [-0.39, 0.29) is 12.6 Å². The van der Waals surface area contributed by atoms with Crippen LogP contribution in [0.15, 0.2) is 30.3 Å². The van der Waals surface area contributed by atoms with Crippen molar-refractivity contribution in [2.45, 2.75) is 19.6 Å². The van der Waals surface area contributed by atoms with E-state index < -0.39 is 8.32 Å². The lowest BCUT2D eigenvalue weighted by Gasteiger charge is -2.16. The van der Waals surface area contributed by atoms with Gasteiger partial charge >= 0.3 is 5.97 Å². The summed E-state index contributed by atoms with van der Waals surface area (Å²) >= 11 is 0. The molecular formula is C26H46O10Si. The van der Waals surface area contributed by atoms with E-state index in [4.69, 9.17) is 42.3 Å². The lowest BCUT2D eigenvalue weighted by Crippen LogP contribution is -2.27. The van der Waals surface area contributed by atoms with E-state index in [1.165, 1.54) is 0 Å². The Hall–Kier alpha value is -1.41. The molecule has 1 aromatic rings. The zero-order valence-corrected chi connectivity index (χ0v) is 23.8. The van der Waals surface area contributed by atoms with Gasteiger partial charge in [0.1, 0.15) is 6.61 Å². The van der Waals surface area contributed by atoms with E-state index in [2.05, 4.69) is 19.6 Å². The molecule has 0 unspecified atom stereocenters. The molecule has 0 aromatic heterocycles. The summed E-state index contributed by atoms with van der Waals surface area (Å²) in [6.45, 7) is 14.3. The number of rotatable bonds is 26. The minimum atomic E-state index is -1.45. The van der Waals surface area contributed by atoms with Crippen LogP contribution in [0.25, 0.3) is 0 Å². The van der Waals surface area contributed by atoms with Crippen molar-refractivity contribution >= 4 is 14.3 Å². The molecule has 214 valence electrons. The summed E-state index contributed by atoms with van der Waals surface area (Å²) in [7, 11) is -1.45. The van der Waals surface area contributed by atoms with Gasteiger partial charge in [-0.15, -0.1) is 0 Å². The molecule has 0 radical (unpaired) electrons. The third-order valence-corrected chi connectivity index (χ3v) is 5.54. The van der Waals surface area contributed by atoms with Crippen molar-refractivity contribution in [1.82, 2.24) is 0 Å². The monoisotopic (exact) mass is 546 g/mol. The molecule has 0 fully saturated rings. The van der Waals surface area contributed by atoms with Gasteiger partial charge < -0.3 is 42.3 Å². The number of ether oxygens (including phenoxy) is 8. The third kappa shape index (κ3) is 23.4. The molecule has 1 aromatic carbocycles. The molecule has 0 bridgehead atoms. The van der Waals surface area contributed by atoms with Crippen LogP contribution in [0.2, 0.25) is 19.6 Å². The van der Waals surface area contributed by atoms with E-state index in [0.717, 1.165) is 0 Å². The molecule has 0 atom stereocenters. The van der Waals surface area contributed by atoms with Crippen LogP contribution in [0.4, 0.5) is 0 Å². The van der Waals surface area contributed by atoms with Crippen LogP contribution in [0.3, 0.4) is 0 Å². The Kier molecular flexibility index (Phi) is 21.5. The fourth-order valence-corrected chi connectivity index (χ4v) is 3.37. The molecule has 0 heterocycles. The van der Waals surface area contributed by atoms with Gasteiger partial charge in [0.05, 0.1) is 105 Å². The van der Waals surface area contributed by atoms with Gasteiger partial charge in [0.25, 0.3) is 0 Å². The Morgan fingerprint density at radius 2 is 0.838 bits per heavy atom. The molecule has 0 saturated carbocycles. The maximum absolute atomic E-state index is 11.7. The van der Waals surface area contributed by atoms with E-state index in [1.807, 2.05) is 6.07 Å². The van der Waals surface area contributed by atoms with E-state index in [0.29, 0.717) is 105 Å². The fraction of sp³-hybridized carbons (Fsp3) is 0.731. The van der Waals surface area contributed by atoms with Crippen molar-refractivity contribution in [3.05, 3.63) is 35.9 Å². The average Bonchev–Trinajstić information content (AvgIpc) is 2.88. The summed E-state index contributed by atoms with van der Waals surface area (Å²) in [6, 6.07) is 8.86. The first-order valence-electron chi connectivity index (χ1n) is 12.9. The third-order valence-electron chi connectivity index (χ3n) is 4.47. The van der Waals surface area contributed by atoms with E-state index in [9.17, 15) is 4.79 Å². The quantitative estimate of drug-likeness (QED) is 0.0980. The molecule has 0 spiro atoms. The maximum Gasteiger partial charge on any atom is 0.338 e. The number of carbonyl (C=O) groups is 1. The summed E-state index contributed by atoms with van der Waals surface area (Å²) in [5.41, 5.74) is 0.530. The molecule has 1 rings (SSSR count). The van der Waals surface area contributed by atoms with Crippen LogP contribution in [0, 0.1) is 0 Å². The van der Waals surface area contributed by atoms with Crippen LogP contribution < -0.4 is 0 Å². The van der Waals surface area contributed by atoms with Gasteiger partial charge in [-0.1, -0.05) is 18.2 Å². The lowest BCUT2D eigenvalue weighted by atomic mass is 10.2. The zero-order valence-electron chi connectivity index (χ0n) is 22.8. The van der Waals surface area contributed by atoms with Crippen LogP contribution in [-0.2, 0) is 42.3 Å². The van der Waals surface area contributed by atoms with Crippen LogP contribution in [0.1, 0.15) is 10.4 Å². The molecule has 0 N–H and O–H groups in total. The van der Waals surface area contributed by atoms with E-state index >= 15 is 0 Å². The number of carbonyl (C=O) groups excluding carboxylic acids is 1. The SMILES string of the molecule is C[Si](C)(C)OCCOCCOCCOCCOCCOCCOCCOCCOC(=O)c1ccccc1. The van der Waals surface area contributed by atoms with Gasteiger partial charge in [-0.2, -0.15) is 0 Å². The van der Waals surface area contributed by atoms with Gasteiger partial charge in [0.15, 0.2) is 8.32 Å². The topological polar surface area (TPSA) is 100 Å². The highest BCUT2D eigenvalue weighted by atomic mass is 28.4. The molecule has 0 aliphatic heterocycles. The van der Waals surface area contributed by atoms with Gasteiger partial charge in [0, 0.05) is 0 Å².